The third-order valence-electron chi connectivity index (χ3n) is 3.86. The average Bonchev–Trinajstić information content (AvgIpc) is 2.47. The molecule has 2 amide bonds. The van der Waals surface area contributed by atoms with Gasteiger partial charge in [-0.1, -0.05) is 0 Å². The summed E-state index contributed by atoms with van der Waals surface area (Å²) in [4.78, 5) is 24.3. The number of nitrogens with zero attached hydrogens (tertiary/aromatic N) is 2. The summed E-state index contributed by atoms with van der Waals surface area (Å²) in [7, 11) is 0. The number of anilines is 1. The maximum absolute atomic E-state index is 12.4. The fraction of sp³-hybridized carbons (Fsp3) is 0.500. The van der Waals surface area contributed by atoms with E-state index in [9.17, 15) is 14.9 Å². The van der Waals surface area contributed by atoms with Gasteiger partial charge in [0, 0.05) is 36.4 Å². The molecule has 2 atom stereocenters. The zero-order valence-corrected chi connectivity index (χ0v) is 12.0. The molecule has 3 N–H and O–H groups in total. The molecule has 0 saturated carbocycles. The second-order valence-corrected chi connectivity index (χ2v) is 5.31. The van der Waals surface area contributed by atoms with Crippen molar-refractivity contribution in [1.82, 2.24) is 4.90 Å². The second kappa shape index (κ2) is 6.53. The lowest BCUT2D eigenvalue weighted by Crippen LogP contribution is -2.53. The van der Waals surface area contributed by atoms with Gasteiger partial charge in [-0.3, -0.25) is 10.1 Å². The molecule has 1 aliphatic rings. The molecule has 0 spiro atoms. The van der Waals surface area contributed by atoms with E-state index in [1.807, 2.05) is 6.92 Å². The first-order valence-corrected chi connectivity index (χ1v) is 7.06. The Morgan fingerprint density at radius 2 is 2.10 bits per heavy atom. The van der Waals surface area contributed by atoms with Gasteiger partial charge >= 0.3 is 6.03 Å². The molecular formula is C14H20N4O3. The van der Waals surface area contributed by atoms with Gasteiger partial charge in [0.1, 0.15) is 0 Å². The molecule has 0 aliphatic carbocycles. The predicted octanol–water partition coefficient (Wildman–Crippen LogP) is 2.33. The fourth-order valence-electron chi connectivity index (χ4n) is 2.74. The van der Waals surface area contributed by atoms with Gasteiger partial charge < -0.3 is 16.0 Å². The van der Waals surface area contributed by atoms with Gasteiger partial charge in [0.2, 0.25) is 0 Å². The van der Waals surface area contributed by atoms with Crippen LogP contribution in [-0.2, 0) is 0 Å². The molecule has 1 aromatic rings. The van der Waals surface area contributed by atoms with Gasteiger partial charge in [-0.15, -0.1) is 0 Å². The number of amides is 2. The molecule has 114 valence electrons. The number of hydrogen-bond acceptors (Lipinski definition) is 4. The number of rotatable bonds is 3. The molecule has 0 bridgehead atoms. The van der Waals surface area contributed by atoms with E-state index >= 15 is 0 Å². The number of carbonyl (C=O) groups excluding carboxylic acids is 1. The van der Waals surface area contributed by atoms with Gasteiger partial charge in [0.25, 0.3) is 5.69 Å². The molecule has 1 heterocycles. The van der Waals surface area contributed by atoms with Gasteiger partial charge in [0.05, 0.1) is 4.92 Å². The number of urea groups is 1. The molecule has 7 heteroatoms. The maximum Gasteiger partial charge on any atom is 0.322 e. The Balaban J connectivity index is 2.07. The van der Waals surface area contributed by atoms with Crippen LogP contribution in [0.3, 0.4) is 0 Å². The summed E-state index contributed by atoms with van der Waals surface area (Å²) >= 11 is 0. The largest absolute Gasteiger partial charge is 0.328 e. The number of carbonyl (C=O) groups is 1. The van der Waals surface area contributed by atoms with Crippen molar-refractivity contribution in [2.45, 2.75) is 38.3 Å². The highest BCUT2D eigenvalue weighted by molar-refractivity contribution is 5.90. The molecule has 0 aromatic heterocycles. The molecule has 1 saturated heterocycles. The first-order chi connectivity index (χ1) is 10.0. The molecule has 1 aliphatic heterocycles. The SMILES string of the molecule is CC1CCCC(CN)N1C(=O)Nc1ccc([N+](=O)[O-])cc1. The van der Waals surface area contributed by atoms with Crippen LogP contribution in [0.25, 0.3) is 0 Å². The van der Waals surface area contributed by atoms with E-state index in [1.54, 1.807) is 4.90 Å². The van der Waals surface area contributed by atoms with Crippen LogP contribution in [-0.4, -0.2) is 34.5 Å². The minimum Gasteiger partial charge on any atom is -0.328 e. The first kappa shape index (κ1) is 15.2. The lowest BCUT2D eigenvalue weighted by Gasteiger charge is -2.40. The zero-order valence-electron chi connectivity index (χ0n) is 12.0. The Hall–Kier alpha value is -2.15. The molecule has 7 nitrogen and oxygen atoms in total. The summed E-state index contributed by atoms with van der Waals surface area (Å²) < 4.78 is 0. The standard InChI is InChI=1S/C14H20N4O3/c1-10-3-2-4-13(9-15)17(10)14(19)16-11-5-7-12(8-6-11)18(20)21/h5-8,10,13H,2-4,9,15H2,1H3,(H,16,19). The summed E-state index contributed by atoms with van der Waals surface area (Å²) in [5.74, 6) is 0. The van der Waals surface area contributed by atoms with Crippen molar-refractivity contribution in [1.29, 1.82) is 0 Å². The molecule has 1 fully saturated rings. The van der Waals surface area contributed by atoms with Crippen LogP contribution < -0.4 is 11.1 Å². The van der Waals surface area contributed by atoms with Crippen molar-refractivity contribution in [2.24, 2.45) is 5.73 Å². The number of nitro groups is 1. The van der Waals surface area contributed by atoms with E-state index in [1.165, 1.54) is 24.3 Å². The minimum absolute atomic E-state index is 0.000765. The quantitative estimate of drug-likeness (QED) is 0.659. The normalized spacial score (nSPS) is 21.9. The summed E-state index contributed by atoms with van der Waals surface area (Å²) in [6, 6.07) is 5.79. The summed E-state index contributed by atoms with van der Waals surface area (Å²) in [5.41, 5.74) is 6.28. The van der Waals surface area contributed by atoms with Crippen molar-refractivity contribution in [3.8, 4) is 0 Å². The molecule has 1 aromatic carbocycles. The summed E-state index contributed by atoms with van der Waals surface area (Å²) in [6.45, 7) is 2.45. The van der Waals surface area contributed by atoms with Crippen molar-refractivity contribution < 1.29 is 9.72 Å². The fourth-order valence-corrected chi connectivity index (χ4v) is 2.74. The van der Waals surface area contributed by atoms with Crippen LogP contribution in [0.2, 0.25) is 0 Å². The maximum atomic E-state index is 12.4. The van der Waals surface area contributed by atoms with E-state index in [0.29, 0.717) is 12.2 Å². The Kier molecular flexibility index (Phi) is 4.74. The number of hydrogen-bond donors (Lipinski definition) is 2. The van der Waals surface area contributed by atoms with E-state index in [2.05, 4.69) is 5.32 Å². The first-order valence-electron chi connectivity index (χ1n) is 7.06. The Morgan fingerprint density at radius 1 is 1.43 bits per heavy atom. The number of likely N-dealkylation sites (tertiary alicyclic amines) is 1. The second-order valence-electron chi connectivity index (χ2n) is 5.31. The molecule has 2 unspecified atom stereocenters. The third-order valence-corrected chi connectivity index (χ3v) is 3.86. The number of nitrogens with one attached hydrogen (secondary N) is 1. The average molecular weight is 292 g/mol. The number of benzene rings is 1. The highest BCUT2D eigenvalue weighted by Crippen LogP contribution is 2.24. The topological polar surface area (TPSA) is 102 Å². The monoisotopic (exact) mass is 292 g/mol. The van der Waals surface area contributed by atoms with Crippen LogP contribution in [0.15, 0.2) is 24.3 Å². The van der Waals surface area contributed by atoms with E-state index in [-0.39, 0.29) is 23.8 Å². The number of nitro benzene ring substituents is 1. The van der Waals surface area contributed by atoms with Crippen molar-refractivity contribution >= 4 is 17.4 Å². The van der Waals surface area contributed by atoms with Crippen LogP contribution >= 0.6 is 0 Å². The third kappa shape index (κ3) is 3.49. The Bertz CT molecular complexity index is 517. The van der Waals surface area contributed by atoms with E-state index in [0.717, 1.165) is 19.3 Å². The number of piperidine rings is 1. The van der Waals surface area contributed by atoms with Crippen LogP contribution in [0, 0.1) is 10.1 Å². The highest BCUT2D eigenvalue weighted by atomic mass is 16.6. The number of nitrogens with two attached hydrogens (primary N) is 1. The highest BCUT2D eigenvalue weighted by Gasteiger charge is 2.30. The van der Waals surface area contributed by atoms with Gasteiger partial charge in [-0.2, -0.15) is 0 Å². The van der Waals surface area contributed by atoms with Gasteiger partial charge in [-0.25, -0.2) is 4.79 Å². The lowest BCUT2D eigenvalue weighted by atomic mass is 9.97. The van der Waals surface area contributed by atoms with Gasteiger partial charge in [-0.05, 0) is 38.3 Å². The smallest absolute Gasteiger partial charge is 0.322 e. The van der Waals surface area contributed by atoms with Gasteiger partial charge in [0.15, 0.2) is 0 Å². The van der Waals surface area contributed by atoms with Crippen LogP contribution in [0.5, 0.6) is 0 Å². The number of non-ortho nitro benzene ring substituents is 1. The molecular weight excluding hydrogens is 272 g/mol. The minimum atomic E-state index is -0.469. The summed E-state index contributed by atoms with van der Waals surface area (Å²) in [5, 5.41) is 13.4. The van der Waals surface area contributed by atoms with Crippen molar-refractivity contribution in [3.05, 3.63) is 34.4 Å². The van der Waals surface area contributed by atoms with Crippen LogP contribution in [0.4, 0.5) is 16.2 Å². The molecule has 21 heavy (non-hydrogen) atoms. The summed E-state index contributed by atoms with van der Waals surface area (Å²) in [6.07, 6.45) is 2.95. The lowest BCUT2D eigenvalue weighted by molar-refractivity contribution is -0.384. The van der Waals surface area contributed by atoms with Crippen molar-refractivity contribution in [2.75, 3.05) is 11.9 Å². The zero-order chi connectivity index (χ0) is 15.4. The van der Waals surface area contributed by atoms with E-state index < -0.39 is 4.92 Å². The van der Waals surface area contributed by atoms with Crippen molar-refractivity contribution in [3.63, 3.8) is 0 Å². The Morgan fingerprint density at radius 3 is 2.67 bits per heavy atom. The molecule has 2 rings (SSSR count). The van der Waals surface area contributed by atoms with Crippen LogP contribution in [0.1, 0.15) is 26.2 Å². The molecule has 0 radical (unpaired) electrons. The Labute approximate surface area is 123 Å². The van der Waals surface area contributed by atoms with E-state index in [4.69, 9.17) is 5.73 Å². The predicted molar refractivity (Wildman–Crippen MR) is 80.1 cm³/mol.